The van der Waals surface area contributed by atoms with Crippen LogP contribution in [0.5, 0.6) is 5.75 Å². The van der Waals surface area contributed by atoms with Crippen LogP contribution in [-0.4, -0.2) is 17.0 Å². The van der Waals surface area contributed by atoms with E-state index in [0.29, 0.717) is 22.6 Å². The van der Waals surface area contributed by atoms with Crippen LogP contribution >= 0.6 is 0 Å². The zero-order valence-corrected chi connectivity index (χ0v) is 13.7. The average molecular weight is 306 g/mol. The Morgan fingerprint density at radius 2 is 2.00 bits per heavy atom. The molecule has 23 heavy (non-hydrogen) atoms. The van der Waals surface area contributed by atoms with Gasteiger partial charge >= 0.3 is 0 Å². The molecule has 2 heterocycles. The number of aryl methyl sites for hydroxylation is 2. The summed E-state index contributed by atoms with van der Waals surface area (Å²) in [5, 5.41) is 9.12. The van der Waals surface area contributed by atoms with Crippen molar-refractivity contribution in [3.63, 3.8) is 0 Å². The fourth-order valence-corrected chi connectivity index (χ4v) is 2.99. The number of nitrogens with zero attached hydrogens (tertiary/aromatic N) is 2. The van der Waals surface area contributed by atoms with Crippen LogP contribution in [0.15, 0.2) is 23.8 Å². The maximum atomic E-state index is 12.8. The number of ether oxygens (including phenoxy) is 1. The van der Waals surface area contributed by atoms with Crippen molar-refractivity contribution in [2.75, 3.05) is 6.61 Å². The van der Waals surface area contributed by atoms with E-state index in [4.69, 9.17) is 10.00 Å². The molecule has 0 bridgehead atoms. The Kier molecular flexibility index (Phi) is 3.57. The maximum absolute atomic E-state index is 12.8. The molecule has 0 fully saturated rings. The highest BCUT2D eigenvalue weighted by Crippen LogP contribution is 2.32. The van der Waals surface area contributed by atoms with Crippen LogP contribution in [0.4, 0.5) is 0 Å². The van der Waals surface area contributed by atoms with Gasteiger partial charge in [-0.05, 0) is 55.7 Å². The third-order valence-electron chi connectivity index (χ3n) is 4.36. The van der Waals surface area contributed by atoms with Crippen LogP contribution in [0.1, 0.15) is 38.4 Å². The number of benzene rings is 1. The molecule has 0 spiro atoms. The quantitative estimate of drug-likeness (QED) is 0.758. The molecule has 1 aromatic heterocycles. The molecule has 2 aromatic rings. The van der Waals surface area contributed by atoms with E-state index >= 15 is 0 Å². The zero-order valence-electron chi connectivity index (χ0n) is 13.7. The van der Waals surface area contributed by atoms with E-state index in [9.17, 15) is 4.79 Å². The first kappa shape index (κ1) is 15.1. The molecule has 0 saturated carbocycles. The van der Waals surface area contributed by atoms with Crippen LogP contribution in [0.3, 0.4) is 0 Å². The SMILES string of the molecule is Cc1cc(C)c2c(c1)OC/C(=C\c1cc(C#N)n(C)c1C)C2=O. The second-order valence-corrected chi connectivity index (χ2v) is 5.98. The molecule has 0 N–H and O–H groups in total. The van der Waals surface area contributed by atoms with Crippen LogP contribution in [0.2, 0.25) is 0 Å². The van der Waals surface area contributed by atoms with Gasteiger partial charge in [-0.2, -0.15) is 5.26 Å². The summed E-state index contributed by atoms with van der Waals surface area (Å²) in [7, 11) is 1.84. The summed E-state index contributed by atoms with van der Waals surface area (Å²) in [6, 6.07) is 7.84. The predicted molar refractivity (Wildman–Crippen MR) is 88.6 cm³/mol. The Morgan fingerprint density at radius 1 is 1.26 bits per heavy atom. The summed E-state index contributed by atoms with van der Waals surface area (Å²) in [6.07, 6.45) is 1.83. The Morgan fingerprint density at radius 3 is 2.65 bits per heavy atom. The topological polar surface area (TPSA) is 55.0 Å². The van der Waals surface area contributed by atoms with Gasteiger partial charge in [0.15, 0.2) is 5.78 Å². The number of hydrogen-bond donors (Lipinski definition) is 0. The second-order valence-electron chi connectivity index (χ2n) is 5.98. The van der Waals surface area contributed by atoms with Crippen molar-refractivity contribution in [1.82, 2.24) is 4.57 Å². The van der Waals surface area contributed by atoms with Gasteiger partial charge in [-0.15, -0.1) is 0 Å². The number of carbonyl (C=O) groups is 1. The Balaban J connectivity index is 2.07. The summed E-state index contributed by atoms with van der Waals surface area (Å²) in [5.74, 6) is 0.664. The van der Waals surface area contributed by atoms with Gasteiger partial charge in [0.2, 0.25) is 0 Å². The molecule has 4 nitrogen and oxygen atoms in total. The van der Waals surface area contributed by atoms with E-state index in [1.807, 2.05) is 50.6 Å². The summed E-state index contributed by atoms with van der Waals surface area (Å²) < 4.78 is 7.61. The molecule has 0 amide bonds. The molecule has 1 aliphatic heterocycles. The molecule has 0 radical (unpaired) electrons. The monoisotopic (exact) mass is 306 g/mol. The standard InChI is InChI=1S/C19H18N2O2/c1-11-5-12(2)18-17(6-11)23-10-15(19(18)22)7-14-8-16(9-20)21(4)13(14)3/h5-8H,10H2,1-4H3/b15-7+. The summed E-state index contributed by atoms with van der Waals surface area (Å²) in [6.45, 7) is 6.11. The minimum atomic E-state index is 0.00510. The number of fused-ring (bicyclic) bond motifs is 1. The molecule has 0 saturated heterocycles. The summed E-state index contributed by atoms with van der Waals surface area (Å²) >= 11 is 0. The molecule has 0 unspecified atom stereocenters. The highest BCUT2D eigenvalue weighted by molar-refractivity contribution is 6.15. The second kappa shape index (κ2) is 5.44. The lowest BCUT2D eigenvalue weighted by Crippen LogP contribution is -2.20. The van der Waals surface area contributed by atoms with E-state index in [1.165, 1.54) is 0 Å². The number of aromatic nitrogens is 1. The van der Waals surface area contributed by atoms with Crippen LogP contribution in [0, 0.1) is 32.1 Å². The first-order valence-corrected chi connectivity index (χ1v) is 7.48. The van der Waals surface area contributed by atoms with E-state index < -0.39 is 0 Å². The van der Waals surface area contributed by atoms with Crippen molar-refractivity contribution in [2.45, 2.75) is 20.8 Å². The number of Topliss-reactive ketones (excluding diaryl/α,β-unsaturated/α-hetero) is 1. The number of hydrogen-bond acceptors (Lipinski definition) is 3. The Hall–Kier alpha value is -2.80. The number of ketones is 1. The summed E-state index contributed by atoms with van der Waals surface area (Å²) in [5.41, 5.74) is 5.67. The molecule has 1 aliphatic rings. The molecular formula is C19H18N2O2. The Bertz CT molecular complexity index is 895. The predicted octanol–water partition coefficient (Wildman–Crippen LogP) is 3.48. The molecule has 116 valence electrons. The van der Waals surface area contributed by atoms with Gasteiger partial charge in [-0.3, -0.25) is 4.79 Å². The molecule has 4 heteroatoms. The maximum Gasteiger partial charge on any atom is 0.196 e. The summed E-state index contributed by atoms with van der Waals surface area (Å²) in [4.78, 5) is 12.8. The molecule has 3 rings (SSSR count). The van der Waals surface area contributed by atoms with E-state index in [-0.39, 0.29) is 12.4 Å². The van der Waals surface area contributed by atoms with Crippen molar-refractivity contribution in [3.05, 3.63) is 57.4 Å². The van der Waals surface area contributed by atoms with Crippen LogP contribution in [-0.2, 0) is 7.05 Å². The zero-order chi connectivity index (χ0) is 16.7. The lowest BCUT2D eigenvalue weighted by Gasteiger charge is -2.21. The Labute approximate surface area is 135 Å². The van der Waals surface area contributed by atoms with Gasteiger partial charge in [-0.25, -0.2) is 0 Å². The lowest BCUT2D eigenvalue weighted by molar-refractivity contribution is 0.1000. The van der Waals surface area contributed by atoms with Gasteiger partial charge in [0, 0.05) is 18.3 Å². The number of rotatable bonds is 1. The van der Waals surface area contributed by atoms with Gasteiger partial charge in [0.25, 0.3) is 0 Å². The highest BCUT2D eigenvalue weighted by Gasteiger charge is 2.25. The fourth-order valence-electron chi connectivity index (χ4n) is 2.99. The largest absolute Gasteiger partial charge is 0.488 e. The fraction of sp³-hybridized carbons (Fsp3) is 0.263. The molecule has 0 aliphatic carbocycles. The molecule has 0 atom stereocenters. The van der Waals surface area contributed by atoms with Crippen molar-refractivity contribution in [3.8, 4) is 11.8 Å². The normalized spacial score (nSPS) is 15.3. The van der Waals surface area contributed by atoms with Gasteiger partial charge in [-0.1, -0.05) is 6.07 Å². The minimum absolute atomic E-state index is 0.00510. The first-order chi connectivity index (χ1) is 10.9. The lowest BCUT2D eigenvalue weighted by atomic mass is 9.93. The van der Waals surface area contributed by atoms with Crippen molar-refractivity contribution in [2.24, 2.45) is 7.05 Å². The van der Waals surface area contributed by atoms with Crippen molar-refractivity contribution >= 4 is 11.9 Å². The number of carbonyl (C=O) groups excluding carboxylic acids is 1. The number of nitriles is 1. The van der Waals surface area contributed by atoms with Gasteiger partial charge in [0.1, 0.15) is 24.1 Å². The van der Waals surface area contributed by atoms with Crippen LogP contribution < -0.4 is 4.74 Å². The highest BCUT2D eigenvalue weighted by atomic mass is 16.5. The first-order valence-electron chi connectivity index (χ1n) is 7.48. The molecule has 1 aromatic carbocycles. The van der Waals surface area contributed by atoms with Crippen LogP contribution in [0.25, 0.3) is 6.08 Å². The van der Waals surface area contributed by atoms with Gasteiger partial charge in [0.05, 0.1) is 5.56 Å². The van der Waals surface area contributed by atoms with E-state index in [0.717, 1.165) is 22.4 Å². The smallest absolute Gasteiger partial charge is 0.196 e. The molecular weight excluding hydrogens is 288 g/mol. The minimum Gasteiger partial charge on any atom is -0.488 e. The van der Waals surface area contributed by atoms with E-state index in [1.54, 1.807) is 6.07 Å². The average Bonchev–Trinajstić information content (AvgIpc) is 2.77. The third kappa shape index (κ3) is 2.44. The van der Waals surface area contributed by atoms with Crippen molar-refractivity contribution < 1.29 is 9.53 Å². The van der Waals surface area contributed by atoms with Crippen molar-refractivity contribution in [1.29, 1.82) is 5.26 Å². The van der Waals surface area contributed by atoms with Gasteiger partial charge < -0.3 is 9.30 Å². The third-order valence-corrected chi connectivity index (χ3v) is 4.36. The van der Waals surface area contributed by atoms with E-state index in [2.05, 4.69) is 6.07 Å².